The molecule has 1 aliphatic rings. The summed E-state index contributed by atoms with van der Waals surface area (Å²) in [4.78, 5) is 11.2. The van der Waals surface area contributed by atoms with Gasteiger partial charge < -0.3 is 21.9 Å². The molecule has 2 atom stereocenters. The first-order valence-electron chi connectivity index (χ1n) is 5.16. The van der Waals surface area contributed by atoms with Gasteiger partial charge in [-0.3, -0.25) is 4.79 Å². The van der Waals surface area contributed by atoms with E-state index in [1.165, 1.54) is 0 Å². The van der Waals surface area contributed by atoms with Crippen LogP contribution in [0.4, 0.5) is 5.69 Å². The smallest absolute Gasteiger partial charge is 0.228 e. The molecule has 16 heavy (non-hydrogen) atoms. The molecule has 1 heterocycles. The molecule has 5 nitrogen and oxygen atoms in total. The first kappa shape index (κ1) is 11.1. The Morgan fingerprint density at radius 1 is 1.44 bits per heavy atom. The van der Waals surface area contributed by atoms with Crippen molar-refractivity contribution in [1.29, 1.82) is 0 Å². The number of hydrogen-bond acceptors (Lipinski definition) is 4. The summed E-state index contributed by atoms with van der Waals surface area (Å²) in [7, 11) is 0. The van der Waals surface area contributed by atoms with Crippen molar-refractivity contribution in [3.8, 4) is 0 Å². The van der Waals surface area contributed by atoms with Gasteiger partial charge in [-0.1, -0.05) is 12.1 Å². The van der Waals surface area contributed by atoms with E-state index in [-0.39, 0.29) is 12.5 Å². The van der Waals surface area contributed by atoms with Crippen molar-refractivity contribution in [2.75, 3.05) is 11.9 Å². The van der Waals surface area contributed by atoms with E-state index < -0.39 is 12.1 Å². The topological polar surface area (TPSA) is 101 Å². The Bertz CT molecular complexity index is 420. The van der Waals surface area contributed by atoms with Gasteiger partial charge in [-0.25, -0.2) is 0 Å². The number of amides is 1. The first-order chi connectivity index (χ1) is 7.61. The Morgan fingerprint density at radius 3 is 2.88 bits per heavy atom. The van der Waals surface area contributed by atoms with Crippen LogP contribution in [0.15, 0.2) is 18.2 Å². The molecule has 1 amide bonds. The molecule has 1 aromatic carbocycles. The average molecular weight is 221 g/mol. The van der Waals surface area contributed by atoms with Gasteiger partial charge in [0.2, 0.25) is 5.91 Å². The van der Waals surface area contributed by atoms with Gasteiger partial charge in [0.05, 0.1) is 13.0 Å². The molecule has 5 heteroatoms. The number of carbonyl (C=O) groups is 1. The second kappa shape index (κ2) is 4.21. The second-order valence-corrected chi connectivity index (χ2v) is 4.01. The van der Waals surface area contributed by atoms with E-state index in [1.807, 2.05) is 18.2 Å². The minimum absolute atomic E-state index is 0.00724. The highest BCUT2D eigenvalue weighted by atomic mass is 16.3. The molecule has 86 valence electrons. The maximum absolute atomic E-state index is 11.2. The van der Waals surface area contributed by atoms with E-state index >= 15 is 0 Å². The Hall–Kier alpha value is -1.43. The highest BCUT2D eigenvalue weighted by Gasteiger charge is 2.20. The lowest BCUT2D eigenvalue weighted by Gasteiger charge is -2.18. The quantitative estimate of drug-likeness (QED) is 0.552. The van der Waals surface area contributed by atoms with Crippen molar-refractivity contribution in [2.45, 2.75) is 18.5 Å². The van der Waals surface area contributed by atoms with Gasteiger partial charge in [-0.15, -0.1) is 0 Å². The van der Waals surface area contributed by atoms with E-state index in [1.54, 1.807) is 0 Å². The van der Waals surface area contributed by atoms with Gasteiger partial charge in [0, 0.05) is 17.8 Å². The average Bonchev–Trinajstić information content (AvgIpc) is 2.65. The maximum Gasteiger partial charge on any atom is 0.228 e. The summed E-state index contributed by atoms with van der Waals surface area (Å²) < 4.78 is 0. The summed E-state index contributed by atoms with van der Waals surface area (Å²) in [6, 6.07) is 4.62. The van der Waals surface area contributed by atoms with Crippen molar-refractivity contribution >= 4 is 11.6 Å². The minimum Gasteiger partial charge on any atom is -0.395 e. The Balaban J connectivity index is 2.25. The van der Waals surface area contributed by atoms with Gasteiger partial charge in [0.1, 0.15) is 0 Å². The molecule has 6 N–H and O–H groups in total. The standard InChI is InChI=1S/C11H15N3O2/c12-8(5-15)11(13)6-1-2-9-7(3-6)4-10(16)14-9/h1-3,8,11,15H,4-5,12-13H2,(H,14,16). The predicted molar refractivity (Wildman–Crippen MR) is 60.8 cm³/mol. The largest absolute Gasteiger partial charge is 0.395 e. The van der Waals surface area contributed by atoms with E-state index in [0.717, 1.165) is 16.8 Å². The molecule has 1 aliphatic heterocycles. The number of aliphatic hydroxyl groups is 1. The van der Waals surface area contributed by atoms with Gasteiger partial charge in [-0.2, -0.15) is 0 Å². The molecular formula is C11H15N3O2. The van der Waals surface area contributed by atoms with Gasteiger partial charge in [0.15, 0.2) is 0 Å². The molecule has 0 bridgehead atoms. The van der Waals surface area contributed by atoms with E-state index in [9.17, 15) is 4.79 Å². The summed E-state index contributed by atoms with van der Waals surface area (Å²) >= 11 is 0. The fourth-order valence-corrected chi connectivity index (χ4v) is 1.82. The molecule has 0 spiro atoms. The molecule has 0 saturated carbocycles. The van der Waals surface area contributed by atoms with Crippen LogP contribution in [0.5, 0.6) is 0 Å². The molecule has 0 aromatic heterocycles. The summed E-state index contributed by atoms with van der Waals surface area (Å²) in [6.45, 7) is -0.157. The number of nitrogens with one attached hydrogen (secondary N) is 1. The zero-order valence-corrected chi connectivity index (χ0v) is 8.81. The molecule has 1 aromatic rings. The van der Waals surface area contributed by atoms with E-state index in [4.69, 9.17) is 16.6 Å². The van der Waals surface area contributed by atoms with Crippen LogP contribution in [-0.4, -0.2) is 23.7 Å². The second-order valence-electron chi connectivity index (χ2n) is 4.01. The van der Waals surface area contributed by atoms with Crippen LogP contribution in [0.3, 0.4) is 0 Å². The van der Waals surface area contributed by atoms with E-state index in [0.29, 0.717) is 6.42 Å². The van der Waals surface area contributed by atoms with Gasteiger partial charge in [-0.05, 0) is 17.2 Å². The molecule has 0 saturated heterocycles. The fraction of sp³-hybridized carbons (Fsp3) is 0.364. The third-order valence-electron chi connectivity index (χ3n) is 2.81. The fourth-order valence-electron chi connectivity index (χ4n) is 1.82. The minimum atomic E-state index is -0.483. The van der Waals surface area contributed by atoms with Crippen LogP contribution in [0, 0.1) is 0 Å². The van der Waals surface area contributed by atoms with Crippen molar-refractivity contribution in [3.05, 3.63) is 29.3 Å². The van der Waals surface area contributed by atoms with Gasteiger partial charge in [0.25, 0.3) is 0 Å². The summed E-state index contributed by atoms with van der Waals surface area (Å²) in [5.41, 5.74) is 14.2. The van der Waals surface area contributed by atoms with Crippen LogP contribution in [0.1, 0.15) is 17.2 Å². The monoisotopic (exact) mass is 221 g/mol. The summed E-state index contributed by atoms with van der Waals surface area (Å²) in [5.74, 6) is -0.00724. The molecule has 0 fully saturated rings. The number of nitrogens with two attached hydrogens (primary N) is 2. The van der Waals surface area contributed by atoms with Crippen molar-refractivity contribution in [3.63, 3.8) is 0 Å². The summed E-state index contributed by atoms with van der Waals surface area (Å²) in [5, 5.41) is 11.7. The van der Waals surface area contributed by atoms with Crippen molar-refractivity contribution in [2.24, 2.45) is 11.5 Å². The molecule has 0 radical (unpaired) electrons. The Morgan fingerprint density at radius 2 is 2.19 bits per heavy atom. The number of rotatable bonds is 3. The summed E-state index contributed by atoms with van der Waals surface area (Å²) in [6.07, 6.45) is 0.379. The molecule has 2 unspecified atom stereocenters. The first-order valence-corrected chi connectivity index (χ1v) is 5.16. The molecule has 0 aliphatic carbocycles. The van der Waals surface area contributed by atoms with Gasteiger partial charge >= 0.3 is 0 Å². The predicted octanol–water partition coefficient (Wildman–Crippen LogP) is -0.499. The van der Waals surface area contributed by atoms with Crippen LogP contribution < -0.4 is 16.8 Å². The zero-order chi connectivity index (χ0) is 11.7. The molecular weight excluding hydrogens is 206 g/mol. The zero-order valence-electron chi connectivity index (χ0n) is 8.81. The van der Waals surface area contributed by atoms with Crippen LogP contribution in [0.25, 0.3) is 0 Å². The number of fused-ring (bicyclic) bond motifs is 1. The van der Waals surface area contributed by atoms with Crippen molar-refractivity contribution < 1.29 is 9.90 Å². The lowest BCUT2D eigenvalue weighted by atomic mass is 9.98. The number of carbonyl (C=O) groups excluding carboxylic acids is 1. The highest BCUT2D eigenvalue weighted by Crippen LogP contribution is 2.26. The normalized spacial score (nSPS) is 17.8. The third-order valence-corrected chi connectivity index (χ3v) is 2.81. The lowest BCUT2D eigenvalue weighted by molar-refractivity contribution is -0.115. The lowest BCUT2D eigenvalue weighted by Crippen LogP contribution is -2.37. The van der Waals surface area contributed by atoms with Crippen LogP contribution >= 0.6 is 0 Å². The number of hydrogen-bond donors (Lipinski definition) is 4. The number of aliphatic hydroxyl groups excluding tert-OH is 1. The number of benzene rings is 1. The third kappa shape index (κ3) is 1.92. The number of anilines is 1. The Kier molecular flexibility index (Phi) is 2.91. The maximum atomic E-state index is 11.2. The molecule has 2 rings (SSSR count). The SMILES string of the molecule is NC(CO)C(N)c1ccc2c(c1)CC(=O)N2. The van der Waals surface area contributed by atoms with Crippen LogP contribution in [0.2, 0.25) is 0 Å². The van der Waals surface area contributed by atoms with Crippen LogP contribution in [-0.2, 0) is 11.2 Å². The van der Waals surface area contributed by atoms with E-state index in [2.05, 4.69) is 5.32 Å². The highest BCUT2D eigenvalue weighted by molar-refractivity contribution is 5.99. The Labute approximate surface area is 93.4 Å². The van der Waals surface area contributed by atoms with Crippen molar-refractivity contribution in [1.82, 2.24) is 0 Å².